The first-order valence-electron chi connectivity index (χ1n) is 6.97. The first kappa shape index (κ1) is 14.5. The van der Waals surface area contributed by atoms with E-state index in [2.05, 4.69) is 13.8 Å². The predicted octanol–water partition coefficient (Wildman–Crippen LogP) is 3.37. The SMILES string of the molecule is CC(C)c1cccc(S(=O)(=O)N2C(C)CCC2C)c1. The molecule has 4 heteroatoms. The molecular weight excluding hydrogens is 258 g/mol. The third-order valence-electron chi connectivity index (χ3n) is 3.97. The van der Waals surface area contributed by atoms with Crippen molar-refractivity contribution < 1.29 is 8.42 Å². The van der Waals surface area contributed by atoms with Crippen molar-refractivity contribution in [3.05, 3.63) is 29.8 Å². The predicted molar refractivity (Wildman–Crippen MR) is 77.7 cm³/mol. The average molecular weight is 281 g/mol. The lowest BCUT2D eigenvalue weighted by atomic mass is 10.0. The highest BCUT2D eigenvalue weighted by molar-refractivity contribution is 7.89. The molecule has 0 amide bonds. The quantitative estimate of drug-likeness (QED) is 0.852. The van der Waals surface area contributed by atoms with Crippen LogP contribution in [-0.4, -0.2) is 24.8 Å². The molecule has 0 aromatic heterocycles. The highest BCUT2D eigenvalue weighted by Gasteiger charge is 2.37. The fraction of sp³-hybridized carbons (Fsp3) is 0.600. The van der Waals surface area contributed by atoms with Gasteiger partial charge in [-0.2, -0.15) is 4.31 Å². The van der Waals surface area contributed by atoms with Gasteiger partial charge in [-0.25, -0.2) is 8.42 Å². The monoisotopic (exact) mass is 281 g/mol. The fourth-order valence-corrected chi connectivity index (χ4v) is 4.74. The Balaban J connectivity index is 2.42. The third kappa shape index (κ3) is 2.70. The molecule has 0 saturated carbocycles. The zero-order valence-corrected chi connectivity index (χ0v) is 12.9. The number of hydrogen-bond donors (Lipinski definition) is 0. The summed E-state index contributed by atoms with van der Waals surface area (Å²) in [6, 6.07) is 7.55. The van der Waals surface area contributed by atoms with Crippen LogP contribution in [0.3, 0.4) is 0 Å². The van der Waals surface area contributed by atoms with Crippen LogP contribution in [0.1, 0.15) is 52.0 Å². The van der Waals surface area contributed by atoms with Crippen LogP contribution in [0, 0.1) is 0 Å². The minimum absolute atomic E-state index is 0.0997. The van der Waals surface area contributed by atoms with Crippen LogP contribution < -0.4 is 0 Å². The van der Waals surface area contributed by atoms with Gasteiger partial charge >= 0.3 is 0 Å². The van der Waals surface area contributed by atoms with Gasteiger partial charge in [0.05, 0.1) is 4.90 Å². The van der Waals surface area contributed by atoms with Gasteiger partial charge in [0.25, 0.3) is 0 Å². The Morgan fingerprint density at radius 2 is 1.74 bits per heavy atom. The van der Waals surface area contributed by atoms with Crippen molar-refractivity contribution in [1.82, 2.24) is 4.31 Å². The maximum Gasteiger partial charge on any atom is 0.243 e. The lowest BCUT2D eigenvalue weighted by molar-refractivity contribution is 0.350. The fourth-order valence-electron chi connectivity index (χ4n) is 2.80. The largest absolute Gasteiger partial charge is 0.243 e. The number of hydrogen-bond acceptors (Lipinski definition) is 2. The summed E-state index contributed by atoms with van der Waals surface area (Å²) in [5, 5.41) is 0. The van der Waals surface area contributed by atoms with Gasteiger partial charge in [-0.3, -0.25) is 0 Å². The topological polar surface area (TPSA) is 37.4 Å². The van der Waals surface area contributed by atoms with Crippen molar-refractivity contribution in [1.29, 1.82) is 0 Å². The summed E-state index contributed by atoms with van der Waals surface area (Å²) in [5.41, 5.74) is 1.07. The summed E-state index contributed by atoms with van der Waals surface area (Å²) in [6.07, 6.45) is 1.90. The van der Waals surface area contributed by atoms with Crippen molar-refractivity contribution >= 4 is 10.0 Å². The normalized spacial score (nSPS) is 25.1. The van der Waals surface area contributed by atoms with Crippen LogP contribution in [0.4, 0.5) is 0 Å². The molecule has 1 aliphatic rings. The molecule has 19 heavy (non-hydrogen) atoms. The molecule has 2 unspecified atom stereocenters. The molecule has 1 heterocycles. The molecule has 2 rings (SSSR count). The Hall–Kier alpha value is -0.870. The van der Waals surface area contributed by atoms with E-state index in [1.165, 1.54) is 0 Å². The van der Waals surface area contributed by atoms with E-state index in [-0.39, 0.29) is 12.1 Å². The van der Waals surface area contributed by atoms with Gasteiger partial charge in [-0.05, 0) is 50.3 Å². The molecule has 0 spiro atoms. The van der Waals surface area contributed by atoms with Crippen LogP contribution in [0.5, 0.6) is 0 Å². The van der Waals surface area contributed by atoms with E-state index in [4.69, 9.17) is 0 Å². The van der Waals surface area contributed by atoms with Gasteiger partial charge in [0.15, 0.2) is 0 Å². The van der Waals surface area contributed by atoms with Crippen LogP contribution in [0.2, 0.25) is 0 Å². The molecule has 0 aliphatic carbocycles. The molecule has 3 nitrogen and oxygen atoms in total. The molecule has 0 bridgehead atoms. The highest BCUT2D eigenvalue weighted by atomic mass is 32.2. The van der Waals surface area contributed by atoms with E-state index in [0.717, 1.165) is 18.4 Å². The van der Waals surface area contributed by atoms with Crippen molar-refractivity contribution in [3.8, 4) is 0 Å². The summed E-state index contributed by atoms with van der Waals surface area (Å²) in [7, 11) is -3.36. The Kier molecular flexibility index (Phi) is 4.02. The number of benzene rings is 1. The van der Waals surface area contributed by atoms with Crippen molar-refractivity contribution in [2.45, 2.75) is 63.4 Å². The lowest BCUT2D eigenvalue weighted by Crippen LogP contribution is -2.38. The van der Waals surface area contributed by atoms with Gasteiger partial charge in [0, 0.05) is 12.1 Å². The minimum atomic E-state index is -3.36. The Bertz CT molecular complexity index is 541. The zero-order chi connectivity index (χ0) is 14.2. The van der Waals surface area contributed by atoms with Gasteiger partial charge in [-0.15, -0.1) is 0 Å². The van der Waals surface area contributed by atoms with Crippen molar-refractivity contribution in [2.24, 2.45) is 0 Å². The number of sulfonamides is 1. The molecule has 2 atom stereocenters. The maximum absolute atomic E-state index is 12.8. The second-order valence-corrected chi connectivity index (χ2v) is 7.68. The van der Waals surface area contributed by atoms with Crippen LogP contribution in [-0.2, 0) is 10.0 Å². The minimum Gasteiger partial charge on any atom is -0.207 e. The second kappa shape index (κ2) is 5.25. The summed E-state index contributed by atoms with van der Waals surface area (Å²) in [6.45, 7) is 8.14. The smallest absolute Gasteiger partial charge is 0.207 e. The summed E-state index contributed by atoms with van der Waals surface area (Å²) < 4.78 is 27.2. The zero-order valence-electron chi connectivity index (χ0n) is 12.1. The molecule has 1 aliphatic heterocycles. The second-order valence-electron chi connectivity index (χ2n) is 5.84. The molecule has 1 saturated heterocycles. The lowest BCUT2D eigenvalue weighted by Gasteiger charge is -2.25. The Morgan fingerprint density at radius 3 is 2.26 bits per heavy atom. The van der Waals surface area contributed by atoms with Crippen LogP contribution in [0.25, 0.3) is 0 Å². The Labute approximate surface area is 116 Å². The van der Waals surface area contributed by atoms with Gasteiger partial charge < -0.3 is 0 Å². The molecule has 0 N–H and O–H groups in total. The van der Waals surface area contributed by atoms with Gasteiger partial charge in [0.2, 0.25) is 10.0 Å². The first-order chi connectivity index (χ1) is 8.84. The standard InChI is InChI=1S/C15H23NO2S/c1-11(2)14-6-5-7-15(10-14)19(17,18)16-12(3)8-9-13(16)4/h5-7,10-13H,8-9H2,1-4H3. The number of rotatable bonds is 3. The van der Waals surface area contributed by atoms with Crippen LogP contribution in [0.15, 0.2) is 29.2 Å². The van der Waals surface area contributed by atoms with E-state index < -0.39 is 10.0 Å². The molecule has 1 fully saturated rings. The number of nitrogens with zero attached hydrogens (tertiary/aromatic N) is 1. The molecular formula is C15H23NO2S. The molecule has 106 valence electrons. The Morgan fingerprint density at radius 1 is 1.16 bits per heavy atom. The average Bonchev–Trinajstić information content (AvgIpc) is 2.69. The first-order valence-corrected chi connectivity index (χ1v) is 8.41. The van der Waals surface area contributed by atoms with E-state index >= 15 is 0 Å². The summed E-state index contributed by atoms with van der Waals surface area (Å²) in [4.78, 5) is 0.430. The molecule has 1 aromatic rings. The summed E-state index contributed by atoms with van der Waals surface area (Å²) in [5.74, 6) is 0.337. The van der Waals surface area contributed by atoms with Crippen molar-refractivity contribution in [3.63, 3.8) is 0 Å². The molecule has 0 radical (unpaired) electrons. The van der Waals surface area contributed by atoms with Crippen LogP contribution >= 0.6 is 0 Å². The highest BCUT2D eigenvalue weighted by Crippen LogP contribution is 2.31. The summed E-state index contributed by atoms with van der Waals surface area (Å²) >= 11 is 0. The van der Waals surface area contributed by atoms with Gasteiger partial charge in [-0.1, -0.05) is 26.0 Å². The van der Waals surface area contributed by atoms with Crippen molar-refractivity contribution in [2.75, 3.05) is 0 Å². The van der Waals surface area contributed by atoms with Gasteiger partial charge in [0.1, 0.15) is 0 Å². The molecule has 1 aromatic carbocycles. The van der Waals surface area contributed by atoms with E-state index in [9.17, 15) is 8.42 Å². The van der Waals surface area contributed by atoms with E-state index in [1.807, 2.05) is 32.0 Å². The van der Waals surface area contributed by atoms with E-state index in [1.54, 1.807) is 10.4 Å². The van der Waals surface area contributed by atoms with E-state index in [0.29, 0.717) is 10.8 Å². The third-order valence-corrected chi connectivity index (χ3v) is 6.10. The maximum atomic E-state index is 12.8.